The maximum atomic E-state index is 10.8. The Morgan fingerprint density at radius 2 is 2.07 bits per heavy atom. The van der Waals surface area contributed by atoms with E-state index in [0.717, 1.165) is 12.3 Å². The van der Waals surface area contributed by atoms with Gasteiger partial charge >= 0.3 is 5.97 Å². The van der Waals surface area contributed by atoms with Crippen molar-refractivity contribution in [3.05, 3.63) is 0 Å². The van der Waals surface area contributed by atoms with Gasteiger partial charge in [0.2, 0.25) is 0 Å². The number of rotatable bonds is 2. The Morgan fingerprint density at radius 1 is 1.43 bits per heavy atom. The van der Waals surface area contributed by atoms with Crippen LogP contribution in [0.5, 0.6) is 0 Å². The van der Waals surface area contributed by atoms with Crippen molar-refractivity contribution in [2.24, 2.45) is 22.7 Å². The predicted molar refractivity (Wildman–Crippen MR) is 55.0 cm³/mol. The molecule has 0 unspecified atom stereocenters. The lowest BCUT2D eigenvalue weighted by Crippen LogP contribution is -2.33. The summed E-state index contributed by atoms with van der Waals surface area (Å²) in [5.41, 5.74) is 0.628. The van der Waals surface area contributed by atoms with Crippen molar-refractivity contribution < 1.29 is 9.90 Å². The summed E-state index contributed by atoms with van der Waals surface area (Å²) in [5.74, 6) is 0.546. The van der Waals surface area contributed by atoms with E-state index in [0.29, 0.717) is 17.8 Å². The van der Waals surface area contributed by atoms with Crippen LogP contribution in [0.4, 0.5) is 0 Å². The Balaban J connectivity index is 2.23. The summed E-state index contributed by atoms with van der Waals surface area (Å²) in [6, 6.07) is 0. The van der Waals surface area contributed by atoms with Crippen LogP contribution in [0.15, 0.2) is 0 Å². The molecule has 2 heteroatoms. The van der Waals surface area contributed by atoms with Gasteiger partial charge in [-0.05, 0) is 41.9 Å². The van der Waals surface area contributed by atoms with Crippen LogP contribution in [-0.4, -0.2) is 11.1 Å². The third kappa shape index (κ3) is 1.06. The highest BCUT2D eigenvalue weighted by atomic mass is 16.4. The van der Waals surface area contributed by atoms with Gasteiger partial charge in [0, 0.05) is 6.42 Å². The Morgan fingerprint density at radius 3 is 2.43 bits per heavy atom. The van der Waals surface area contributed by atoms with E-state index in [1.807, 2.05) is 0 Å². The molecule has 2 fully saturated rings. The molecule has 0 amide bonds. The molecule has 2 aliphatic carbocycles. The van der Waals surface area contributed by atoms with Gasteiger partial charge < -0.3 is 5.11 Å². The van der Waals surface area contributed by atoms with E-state index in [1.165, 1.54) is 12.8 Å². The second kappa shape index (κ2) is 2.74. The highest BCUT2D eigenvalue weighted by Gasteiger charge is 2.61. The fourth-order valence-electron chi connectivity index (χ4n) is 3.89. The molecule has 0 aliphatic heterocycles. The molecular formula is C12H20O2. The van der Waals surface area contributed by atoms with E-state index in [1.54, 1.807) is 0 Å². The van der Waals surface area contributed by atoms with Crippen LogP contribution in [0, 0.1) is 22.7 Å². The maximum Gasteiger partial charge on any atom is 0.303 e. The number of carboxylic acids is 1. The van der Waals surface area contributed by atoms with E-state index < -0.39 is 5.97 Å². The fraction of sp³-hybridized carbons (Fsp3) is 0.917. The molecule has 0 aromatic carbocycles. The number of hydrogen-bond acceptors (Lipinski definition) is 1. The zero-order valence-electron chi connectivity index (χ0n) is 9.34. The highest BCUT2D eigenvalue weighted by molar-refractivity contribution is 5.67. The molecule has 2 saturated carbocycles. The molecule has 1 N–H and O–H groups in total. The summed E-state index contributed by atoms with van der Waals surface area (Å²) >= 11 is 0. The highest BCUT2D eigenvalue weighted by Crippen LogP contribution is 2.68. The van der Waals surface area contributed by atoms with Crippen molar-refractivity contribution in [2.75, 3.05) is 0 Å². The molecule has 0 aromatic rings. The van der Waals surface area contributed by atoms with Gasteiger partial charge in [-0.25, -0.2) is 0 Å². The van der Waals surface area contributed by atoms with Crippen molar-refractivity contribution in [3.63, 3.8) is 0 Å². The summed E-state index contributed by atoms with van der Waals surface area (Å²) < 4.78 is 0. The molecule has 2 nitrogen and oxygen atoms in total. The minimum Gasteiger partial charge on any atom is -0.481 e. The van der Waals surface area contributed by atoms with Gasteiger partial charge in [-0.1, -0.05) is 20.8 Å². The average Bonchev–Trinajstić information content (AvgIpc) is 2.35. The Kier molecular flexibility index (Phi) is 1.96. The van der Waals surface area contributed by atoms with Crippen molar-refractivity contribution >= 4 is 5.97 Å². The summed E-state index contributed by atoms with van der Waals surface area (Å²) in [7, 11) is 0. The fourth-order valence-corrected chi connectivity index (χ4v) is 3.89. The van der Waals surface area contributed by atoms with Gasteiger partial charge in [-0.15, -0.1) is 0 Å². The molecule has 0 heterocycles. The summed E-state index contributed by atoms with van der Waals surface area (Å²) in [6.45, 7) is 6.95. The van der Waals surface area contributed by atoms with Crippen molar-refractivity contribution in [1.82, 2.24) is 0 Å². The second-order valence-corrected chi connectivity index (χ2v) is 5.91. The van der Waals surface area contributed by atoms with Crippen LogP contribution in [0.3, 0.4) is 0 Å². The number of carboxylic acid groups (broad SMARTS) is 1. The van der Waals surface area contributed by atoms with Crippen molar-refractivity contribution in [2.45, 2.75) is 46.5 Å². The van der Waals surface area contributed by atoms with Gasteiger partial charge in [0.1, 0.15) is 0 Å². The Bertz CT molecular complexity index is 269. The molecule has 14 heavy (non-hydrogen) atoms. The molecule has 80 valence electrons. The van der Waals surface area contributed by atoms with E-state index in [4.69, 9.17) is 5.11 Å². The van der Waals surface area contributed by atoms with Crippen LogP contribution in [0.25, 0.3) is 0 Å². The van der Waals surface area contributed by atoms with Crippen LogP contribution < -0.4 is 0 Å². The Labute approximate surface area is 85.7 Å². The topological polar surface area (TPSA) is 37.3 Å². The molecular weight excluding hydrogens is 176 g/mol. The first-order valence-corrected chi connectivity index (χ1v) is 5.60. The first-order chi connectivity index (χ1) is 6.38. The van der Waals surface area contributed by atoms with Crippen LogP contribution in [-0.2, 0) is 4.79 Å². The van der Waals surface area contributed by atoms with E-state index >= 15 is 0 Å². The molecule has 0 radical (unpaired) electrons. The molecule has 0 spiro atoms. The van der Waals surface area contributed by atoms with Crippen LogP contribution in [0.1, 0.15) is 46.5 Å². The summed E-state index contributed by atoms with van der Waals surface area (Å²) in [4.78, 5) is 10.8. The van der Waals surface area contributed by atoms with Gasteiger partial charge in [-0.2, -0.15) is 0 Å². The average molecular weight is 196 g/mol. The third-order valence-electron chi connectivity index (χ3n) is 5.40. The standard InChI is InChI=1S/C12H20O2/c1-11(2)8-4-5-12(11,3)9(6-8)7-10(13)14/h8-9H,4-7H2,1-3H3,(H,13,14)/t8-,9+,12-/m1/s1. The van der Waals surface area contributed by atoms with Gasteiger partial charge in [0.25, 0.3) is 0 Å². The first-order valence-electron chi connectivity index (χ1n) is 5.60. The number of fused-ring (bicyclic) bond motifs is 2. The molecule has 2 aliphatic rings. The lowest BCUT2D eigenvalue weighted by atomic mass is 9.66. The largest absolute Gasteiger partial charge is 0.481 e. The predicted octanol–water partition coefficient (Wildman–Crippen LogP) is 2.92. The van der Waals surface area contributed by atoms with Crippen molar-refractivity contribution in [1.29, 1.82) is 0 Å². The number of aliphatic carboxylic acids is 1. The lowest BCUT2D eigenvalue weighted by molar-refractivity contribution is -0.139. The van der Waals surface area contributed by atoms with Gasteiger partial charge in [-0.3, -0.25) is 4.79 Å². The third-order valence-corrected chi connectivity index (χ3v) is 5.40. The minimum atomic E-state index is -0.625. The van der Waals surface area contributed by atoms with Gasteiger partial charge in [0.05, 0.1) is 0 Å². The zero-order chi connectivity index (χ0) is 10.6. The molecule has 3 atom stereocenters. The number of carbonyl (C=O) groups is 1. The van der Waals surface area contributed by atoms with E-state index in [9.17, 15) is 4.79 Å². The van der Waals surface area contributed by atoms with Gasteiger partial charge in [0.15, 0.2) is 0 Å². The molecule has 2 rings (SSSR count). The molecule has 2 bridgehead atoms. The maximum absolute atomic E-state index is 10.8. The summed E-state index contributed by atoms with van der Waals surface area (Å²) in [5, 5.41) is 8.89. The van der Waals surface area contributed by atoms with E-state index in [2.05, 4.69) is 20.8 Å². The lowest BCUT2D eigenvalue weighted by Gasteiger charge is -2.38. The smallest absolute Gasteiger partial charge is 0.303 e. The quantitative estimate of drug-likeness (QED) is 0.737. The van der Waals surface area contributed by atoms with Crippen molar-refractivity contribution in [3.8, 4) is 0 Å². The van der Waals surface area contributed by atoms with Crippen LogP contribution in [0.2, 0.25) is 0 Å². The van der Waals surface area contributed by atoms with Crippen LogP contribution >= 0.6 is 0 Å². The molecule has 0 saturated heterocycles. The Hall–Kier alpha value is -0.530. The second-order valence-electron chi connectivity index (χ2n) is 5.91. The van der Waals surface area contributed by atoms with E-state index in [-0.39, 0.29) is 5.41 Å². The first kappa shape index (κ1) is 10.0. The minimum absolute atomic E-state index is 0.274. The SMILES string of the molecule is CC1(C)[C@@H]2CC[C@]1(C)[C@H](CC(=O)O)C2. The zero-order valence-corrected chi connectivity index (χ0v) is 9.34. The number of hydrogen-bond donors (Lipinski definition) is 1. The monoisotopic (exact) mass is 196 g/mol. The normalized spacial score (nSPS) is 44.2. The summed E-state index contributed by atoms with van der Waals surface area (Å²) in [6.07, 6.45) is 4.04. The molecule has 0 aromatic heterocycles.